The number of carbonyl (C=O) groups is 4. The second kappa shape index (κ2) is 18.0. The van der Waals surface area contributed by atoms with Crippen LogP contribution < -0.4 is 10.6 Å². The van der Waals surface area contributed by atoms with Crippen molar-refractivity contribution in [3.05, 3.63) is 0 Å². The molecule has 5 rings (SSSR count). The van der Waals surface area contributed by atoms with Crippen LogP contribution in [-0.2, 0) is 9.59 Å². The molecular formula is C26H53N7O8. The molecule has 0 aromatic heterocycles. The molecule has 0 bridgehead atoms. The maximum Gasteiger partial charge on any atom is 0.317 e. The first kappa shape index (κ1) is 38.3. The molecule has 15 heteroatoms. The number of nitrogens with zero attached hydrogens (tertiary/aromatic N) is 5. The molecule has 6 unspecified atom stereocenters. The van der Waals surface area contributed by atoms with E-state index in [9.17, 15) is 19.2 Å². The zero-order valence-corrected chi connectivity index (χ0v) is 24.8. The summed E-state index contributed by atoms with van der Waals surface area (Å²) in [7, 11) is 8.84. The van der Waals surface area contributed by atoms with Crippen LogP contribution in [0.4, 0.5) is 9.59 Å². The number of likely N-dealkylation sites (N-methyl/N-ethyl adjacent to an activating group) is 5. The van der Waals surface area contributed by atoms with Crippen molar-refractivity contribution in [1.82, 2.24) is 35.1 Å². The minimum absolute atomic E-state index is 0. The van der Waals surface area contributed by atoms with Gasteiger partial charge < -0.3 is 55.6 Å². The molecule has 0 spiro atoms. The van der Waals surface area contributed by atoms with E-state index in [1.807, 2.05) is 18.9 Å². The molecule has 0 radical (unpaired) electrons. The van der Waals surface area contributed by atoms with Crippen LogP contribution in [-0.4, -0.2) is 180 Å². The summed E-state index contributed by atoms with van der Waals surface area (Å²) in [5.74, 6) is -0.116. The number of rotatable bonds is 0. The Hall–Kier alpha value is -2.72. The van der Waals surface area contributed by atoms with E-state index in [1.54, 1.807) is 49.8 Å². The van der Waals surface area contributed by atoms with Crippen molar-refractivity contribution < 1.29 is 39.6 Å². The van der Waals surface area contributed by atoms with Gasteiger partial charge in [0.05, 0.1) is 36.8 Å². The molecule has 5 aliphatic heterocycles. The Labute approximate surface area is 244 Å². The first-order valence-electron chi connectivity index (χ1n) is 13.4. The SMILES string of the molecule is C.CC1C(=O)N(C)CC1O.CC1CN(C)C(=O)N1.CN1CC(O)C(O)C1.CN1CC(O)CC1=O.CN1CCNC1=O. The van der Waals surface area contributed by atoms with E-state index in [0.29, 0.717) is 38.6 Å². The average molecular weight is 592 g/mol. The van der Waals surface area contributed by atoms with Gasteiger partial charge in [0.2, 0.25) is 11.8 Å². The molecular weight excluding hydrogens is 538 g/mol. The maximum atomic E-state index is 10.9. The molecule has 5 aliphatic rings. The largest absolute Gasteiger partial charge is 0.391 e. The number of urea groups is 2. The van der Waals surface area contributed by atoms with Crippen molar-refractivity contribution in [3.8, 4) is 0 Å². The van der Waals surface area contributed by atoms with Crippen LogP contribution >= 0.6 is 0 Å². The number of likely N-dealkylation sites (tertiary alicyclic amines) is 3. The molecule has 6 N–H and O–H groups in total. The summed E-state index contributed by atoms with van der Waals surface area (Å²) in [6, 6.07) is 0.407. The first-order chi connectivity index (χ1) is 18.5. The Morgan fingerprint density at radius 2 is 1.24 bits per heavy atom. The van der Waals surface area contributed by atoms with Crippen LogP contribution in [0.2, 0.25) is 0 Å². The van der Waals surface area contributed by atoms with Crippen LogP contribution in [0.25, 0.3) is 0 Å². The molecule has 15 nitrogen and oxygen atoms in total. The van der Waals surface area contributed by atoms with Gasteiger partial charge in [-0.25, -0.2) is 9.59 Å². The van der Waals surface area contributed by atoms with Gasteiger partial charge in [0.1, 0.15) is 0 Å². The minimum Gasteiger partial charge on any atom is -0.391 e. The molecule has 240 valence electrons. The molecule has 41 heavy (non-hydrogen) atoms. The Balaban J connectivity index is 0.000000486. The highest BCUT2D eigenvalue weighted by Crippen LogP contribution is 2.15. The van der Waals surface area contributed by atoms with Crippen molar-refractivity contribution in [2.24, 2.45) is 5.92 Å². The summed E-state index contributed by atoms with van der Waals surface area (Å²) in [6.07, 6.45) is -1.63. The molecule has 6 atom stereocenters. The van der Waals surface area contributed by atoms with Crippen molar-refractivity contribution in [2.45, 2.75) is 58.2 Å². The zero-order chi connectivity index (χ0) is 30.7. The minimum atomic E-state index is -0.528. The third-order valence-electron chi connectivity index (χ3n) is 6.90. The summed E-state index contributed by atoms with van der Waals surface area (Å²) in [5.41, 5.74) is 0. The molecule has 0 aromatic carbocycles. The lowest BCUT2D eigenvalue weighted by molar-refractivity contribution is -0.130. The lowest BCUT2D eigenvalue weighted by Gasteiger charge is -2.04. The highest BCUT2D eigenvalue weighted by molar-refractivity contribution is 5.81. The molecule has 6 amide bonds. The molecule has 0 aliphatic carbocycles. The number of nitrogens with one attached hydrogen (secondary N) is 2. The number of hydrogen-bond donors (Lipinski definition) is 6. The Morgan fingerprint density at radius 1 is 0.683 bits per heavy atom. The molecule has 0 saturated carbocycles. The third-order valence-corrected chi connectivity index (χ3v) is 6.90. The van der Waals surface area contributed by atoms with Crippen molar-refractivity contribution in [3.63, 3.8) is 0 Å². The first-order valence-corrected chi connectivity index (χ1v) is 13.4. The van der Waals surface area contributed by atoms with E-state index in [0.717, 1.165) is 19.6 Å². The molecule has 5 fully saturated rings. The van der Waals surface area contributed by atoms with Gasteiger partial charge in [0.15, 0.2) is 0 Å². The van der Waals surface area contributed by atoms with Crippen molar-refractivity contribution in [2.75, 3.05) is 81.1 Å². The fraction of sp³-hybridized carbons (Fsp3) is 0.846. The van der Waals surface area contributed by atoms with Gasteiger partial charge in [-0.05, 0) is 14.0 Å². The predicted molar refractivity (Wildman–Crippen MR) is 154 cm³/mol. The molecule has 5 saturated heterocycles. The van der Waals surface area contributed by atoms with E-state index < -0.39 is 24.4 Å². The van der Waals surface area contributed by atoms with Crippen molar-refractivity contribution >= 4 is 23.9 Å². The Kier molecular flexibility index (Phi) is 16.8. The highest BCUT2D eigenvalue weighted by atomic mass is 16.3. The molecule has 5 heterocycles. The quantitative estimate of drug-likeness (QED) is 0.179. The van der Waals surface area contributed by atoms with Gasteiger partial charge in [-0.2, -0.15) is 0 Å². The fourth-order valence-electron chi connectivity index (χ4n) is 4.26. The number of amides is 6. The smallest absolute Gasteiger partial charge is 0.317 e. The summed E-state index contributed by atoms with van der Waals surface area (Å²) >= 11 is 0. The van der Waals surface area contributed by atoms with Crippen LogP contribution in [0.15, 0.2) is 0 Å². The van der Waals surface area contributed by atoms with Gasteiger partial charge in [-0.1, -0.05) is 14.4 Å². The lowest BCUT2D eigenvalue weighted by atomic mass is 10.1. The van der Waals surface area contributed by atoms with Crippen LogP contribution in [0.5, 0.6) is 0 Å². The molecule has 0 aromatic rings. The fourth-order valence-corrected chi connectivity index (χ4v) is 4.26. The number of β-amino-alcohol motifs (C(OH)–C–C–N with tert-alkyl or cyclic N) is 4. The van der Waals surface area contributed by atoms with Gasteiger partial charge in [0, 0.05) is 80.0 Å². The third kappa shape index (κ3) is 13.2. The standard InChI is InChI=1S/C6H11NO2.C5H10N2O.C5H11NO2.C5H9NO2.C4H8N2O.CH4/c1-4-5(8)3-7(2)6(4)9;1-4-3-7(2)5(8)6-4;1-6-2-4(7)5(8)3-6;1-6-3-4(7)2-5(6)8;1-6-3-2-5-4(6)7;/h4-5,8H,3H2,1-2H3;4H,3H2,1-2H3,(H,6,8);4-5,7-8H,2-3H2,1H3;4,7H,2-3H2,1H3;2-3H2,1H3,(H,5,7);1H4. The van der Waals surface area contributed by atoms with E-state index in [4.69, 9.17) is 20.4 Å². The summed E-state index contributed by atoms with van der Waals surface area (Å²) < 4.78 is 0. The number of aliphatic hydroxyl groups is 4. The Bertz CT molecular complexity index is 813. The Morgan fingerprint density at radius 3 is 1.37 bits per heavy atom. The van der Waals surface area contributed by atoms with Gasteiger partial charge in [-0.15, -0.1) is 0 Å². The summed E-state index contributed by atoms with van der Waals surface area (Å²) in [6.45, 7) is 8.39. The van der Waals surface area contributed by atoms with E-state index in [2.05, 4.69) is 10.6 Å². The van der Waals surface area contributed by atoms with E-state index in [1.165, 1.54) is 4.90 Å². The van der Waals surface area contributed by atoms with Crippen LogP contribution in [0, 0.1) is 5.92 Å². The van der Waals surface area contributed by atoms with Gasteiger partial charge >= 0.3 is 12.1 Å². The van der Waals surface area contributed by atoms with Crippen molar-refractivity contribution in [1.29, 1.82) is 0 Å². The number of hydrogen-bond acceptors (Lipinski definition) is 9. The normalized spacial score (nSPS) is 30.6. The maximum absolute atomic E-state index is 10.9. The van der Waals surface area contributed by atoms with Gasteiger partial charge in [-0.3, -0.25) is 9.59 Å². The van der Waals surface area contributed by atoms with Crippen LogP contribution in [0.3, 0.4) is 0 Å². The monoisotopic (exact) mass is 591 g/mol. The zero-order valence-electron chi connectivity index (χ0n) is 24.8. The number of aliphatic hydroxyl groups excluding tert-OH is 4. The van der Waals surface area contributed by atoms with Gasteiger partial charge in [0.25, 0.3) is 0 Å². The topological polar surface area (TPSA) is 189 Å². The van der Waals surface area contributed by atoms with E-state index >= 15 is 0 Å². The summed E-state index contributed by atoms with van der Waals surface area (Å²) in [4.78, 5) is 50.7. The predicted octanol–water partition coefficient (Wildman–Crippen LogP) is -2.37. The second-order valence-corrected chi connectivity index (χ2v) is 10.9. The highest BCUT2D eigenvalue weighted by Gasteiger charge is 2.33. The number of carbonyl (C=O) groups excluding carboxylic acids is 4. The average Bonchev–Trinajstić information content (AvgIpc) is 3.61. The second-order valence-electron chi connectivity index (χ2n) is 10.9. The summed E-state index contributed by atoms with van der Waals surface area (Å²) in [5, 5.41) is 41.0. The van der Waals surface area contributed by atoms with Crippen LogP contribution in [0.1, 0.15) is 27.7 Å². The lowest BCUT2D eigenvalue weighted by Crippen LogP contribution is -2.25. The van der Waals surface area contributed by atoms with E-state index in [-0.39, 0.29) is 37.2 Å².